The van der Waals surface area contributed by atoms with Gasteiger partial charge < -0.3 is 19.2 Å². The maximum absolute atomic E-state index is 12.9. The van der Waals surface area contributed by atoms with Crippen molar-refractivity contribution in [3.63, 3.8) is 0 Å². The van der Waals surface area contributed by atoms with E-state index in [0.29, 0.717) is 18.0 Å². The number of fused-ring (bicyclic) bond motifs is 1. The Balaban J connectivity index is 1.24. The van der Waals surface area contributed by atoms with E-state index in [1.807, 2.05) is 79.2 Å². The molecule has 3 aromatic carbocycles. The predicted molar refractivity (Wildman–Crippen MR) is 139 cm³/mol. The Morgan fingerprint density at radius 1 is 0.944 bits per heavy atom. The standard InChI is InChI=1S/C29H27N3O4/c1-19-28(20(2)32(31-19)17-21-7-6-10-24(15-21)34-3)30-29(33)27-14-13-26(36-27)18-35-25-12-11-22-8-4-5-9-23(22)16-25/h4-16H,17-18H2,1-3H3,(H,30,33). The maximum atomic E-state index is 12.9. The smallest absolute Gasteiger partial charge is 0.291 e. The topological polar surface area (TPSA) is 78.5 Å². The Hall–Kier alpha value is -4.52. The number of benzene rings is 3. The number of aromatic nitrogens is 2. The van der Waals surface area contributed by atoms with Crippen LogP contribution in [0.25, 0.3) is 10.8 Å². The molecule has 36 heavy (non-hydrogen) atoms. The van der Waals surface area contributed by atoms with Gasteiger partial charge in [-0.15, -0.1) is 0 Å². The zero-order valence-corrected chi connectivity index (χ0v) is 20.4. The zero-order chi connectivity index (χ0) is 25.1. The number of aryl methyl sites for hydroxylation is 1. The minimum Gasteiger partial charge on any atom is -0.497 e. The molecule has 0 atom stereocenters. The van der Waals surface area contributed by atoms with Crippen molar-refractivity contribution in [3.8, 4) is 11.5 Å². The third-order valence-electron chi connectivity index (χ3n) is 6.07. The highest BCUT2D eigenvalue weighted by Gasteiger charge is 2.18. The van der Waals surface area contributed by atoms with Crippen LogP contribution < -0.4 is 14.8 Å². The first-order valence-corrected chi connectivity index (χ1v) is 11.7. The summed E-state index contributed by atoms with van der Waals surface area (Å²) in [6, 6.07) is 25.3. The van der Waals surface area contributed by atoms with Gasteiger partial charge in [0.05, 0.1) is 30.7 Å². The number of nitrogens with zero attached hydrogens (tertiary/aromatic N) is 2. The van der Waals surface area contributed by atoms with Crippen molar-refractivity contribution in [1.82, 2.24) is 9.78 Å². The van der Waals surface area contributed by atoms with E-state index >= 15 is 0 Å². The number of ether oxygens (including phenoxy) is 2. The van der Waals surface area contributed by atoms with E-state index in [1.165, 1.54) is 0 Å². The molecule has 0 unspecified atom stereocenters. The van der Waals surface area contributed by atoms with Gasteiger partial charge >= 0.3 is 0 Å². The first-order valence-electron chi connectivity index (χ1n) is 11.7. The molecule has 7 nitrogen and oxygen atoms in total. The second-order valence-corrected chi connectivity index (χ2v) is 8.57. The van der Waals surface area contributed by atoms with E-state index in [-0.39, 0.29) is 18.3 Å². The highest BCUT2D eigenvalue weighted by atomic mass is 16.5. The average molecular weight is 482 g/mol. The van der Waals surface area contributed by atoms with Crippen molar-refractivity contribution in [1.29, 1.82) is 0 Å². The van der Waals surface area contributed by atoms with Crippen molar-refractivity contribution in [2.24, 2.45) is 0 Å². The number of rotatable bonds is 8. The van der Waals surface area contributed by atoms with Crippen LogP contribution in [0.3, 0.4) is 0 Å². The second-order valence-electron chi connectivity index (χ2n) is 8.57. The number of amides is 1. The maximum Gasteiger partial charge on any atom is 0.291 e. The van der Waals surface area contributed by atoms with E-state index < -0.39 is 0 Å². The Morgan fingerprint density at radius 2 is 1.78 bits per heavy atom. The molecule has 0 radical (unpaired) electrons. The Morgan fingerprint density at radius 3 is 2.61 bits per heavy atom. The number of methoxy groups -OCH3 is 1. The molecule has 1 amide bonds. The summed E-state index contributed by atoms with van der Waals surface area (Å²) in [5.74, 6) is 1.98. The lowest BCUT2D eigenvalue weighted by Crippen LogP contribution is -2.12. The van der Waals surface area contributed by atoms with Crippen LogP contribution in [0.1, 0.15) is 33.3 Å². The molecule has 0 spiro atoms. The fraction of sp³-hybridized carbons (Fsp3) is 0.172. The summed E-state index contributed by atoms with van der Waals surface area (Å²) in [5, 5.41) is 9.81. The van der Waals surface area contributed by atoms with Gasteiger partial charge in [-0.2, -0.15) is 5.10 Å². The van der Waals surface area contributed by atoms with Crippen LogP contribution in [-0.2, 0) is 13.2 Å². The monoisotopic (exact) mass is 481 g/mol. The molecule has 0 aliphatic rings. The van der Waals surface area contributed by atoms with E-state index in [2.05, 4.69) is 16.5 Å². The number of carbonyl (C=O) groups is 1. The number of hydrogen-bond donors (Lipinski definition) is 1. The molecular formula is C29H27N3O4. The first-order chi connectivity index (χ1) is 17.5. The van der Waals surface area contributed by atoms with Gasteiger partial charge in [-0.1, -0.05) is 42.5 Å². The number of furan rings is 1. The van der Waals surface area contributed by atoms with Gasteiger partial charge in [0.15, 0.2) is 5.76 Å². The zero-order valence-electron chi connectivity index (χ0n) is 20.4. The normalized spacial score (nSPS) is 11.0. The highest BCUT2D eigenvalue weighted by Crippen LogP contribution is 2.24. The average Bonchev–Trinajstić information content (AvgIpc) is 3.48. The van der Waals surface area contributed by atoms with Crippen molar-refractivity contribution in [2.45, 2.75) is 27.0 Å². The van der Waals surface area contributed by atoms with Crippen LogP contribution in [0.4, 0.5) is 5.69 Å². The Labute approximate surface area is 209 Å². The van der Waals surface area contributed by atoms with Crippen molar-refractivity contribution in [3.05, 3.63) is 107 Å². The Bertz CT molecular complexity index is 1530. The number of carbonyl (C=O) groups excluding carboxylic acids is 1. The molecule has 5 aromatic rings. The second kappa shape index (κ2) is 10.00. The minimum absolute atomic E-state index is 0.214. The lowest BCUT2D eigenvalue weighted by atomic mass is 10.1. The van der Waals surface area contributed by atoms with E-state index in [1.54, 1.807) is 19.2 Å². The minimum atomic E-state index is -0.334. The highest BCUT2D eigenvalue weighted by molar-refractivity contribution is 6.03. The Kier molecular flexibility index (Phi) is 6.45. The van der Waals surface area contributed by atoms with Crippen molar-refractivity contribution >= 4 is 22.4 Å². The van der Waals surface area contributed by atoms with Gasteiger partial charge in [0.1, 0.15) is 23.9 Å². The van der Waals surface area contributed by atoms with Crippen LogP contribution in [0.2, 0.25) is 0 Å². The van der Waals surface area contributed by atoms with Gasteiger partial charge in [0.2, 0.25) is 0 Å². The van der Waals surface area contributed by atoms with Gasteiger partial charge in [0, 0.05) is 0 Å². The lowest BCUT2D eigenvalue weighted by Gasteiger charge is -2.08. The largest absolute Gasteiger partial charge is 0.497 e. The third kappa shape index (κ3) is 4.95. The number of anilines is 1. The van der Waals surface area contributed by atoms with E-state index in [0.717, 1.165) is 39.2 Å². The molecule has 2 heterocycles. The summed E-state index contributed by atoms with van der Waals surface area (Å²) in [4.78, 5) is 12.9. The van der Waals surface area contributed by atoms with E-state index in [4.69, 9.17) is 13.9 Å². The predicted octanol–water partition coefficient (Wildman–Crippen LogP) is 6.13. The number of nitrogens with one attached hydrogen (secondary N) is 1. The summed E-state index contributed by atoms with van der Waals surface area (Å²) in [6.07, 6.45) is 0. The van der Waals surface area contributed by atoms with Crippen molar-refractivity contribution < 1.29 is 18.7 Å². The molecular weight excluding hydrogens is 454 g/mol. The van der Waals surface area contributed by atoms with Crippen LogP contribution in [0.5, 0.6) is 11.5 Å². The summed E-state index contributed by atoms with van der Waals surface area (Å²) in [5.41, 5.74) is 3.32. The van der Waals surface area contributed by atoms with Crippen LogP contribution in [-0.4, -0.2) is 22.8 Å². The molecule has 182 valence electrons. The fourth-order valence-corrected chi connectivity index (χ4v) is 4.14. The molecule has 0 bridgehead atoms. The van der Waals surface area contributed by atoms with Crippen LogP contribution >= 0.6 is 0 Å². The van der Waals surface area contributed by atoms with Gasteiger partial charge in [0.25, 0.3) is 5.91 Å². The summed E-state index contributed by atoms with van der Waals surface area (Å²) < 4.78 is 18.8. The SMILES string of the molecule is COc1cccc(Cn2nc(C)c(NC(=O)c3ccc(COc4ccc5ccccc5c4)o3)c2C)c1. The molecule has 0 saturated heterocycles. The van der Waals surface area contributed by atoms with E-state index in [9.17, 15) is 4.79 Å². The molecule has 0 aliphatic heterocycles. The number of hydrogen-bond acceptors (Lipinski definition) is 5. The molecule has 2 aromatic heterocycles. The quantitative estimate of drug-likeness (QED) is 0.288. The van der Waals surface area contributed by atoms with Gasteiger partial charge in [-0.25, -0.2) is 0 Å². The van der Waals surface area contributed by atoms with Gasteiger partial charge in [-0.3, -0.25) is 9.48 Å². The molecule has 0 fully saturated rings. The molecule has 5 rings (SSSR count). The lowest BCUT2D eigenvalue weighted by molar-refractivity contribution is 0.0992. The molecule has 0 aliphatic carbocycles. The van der Waals surface area contributed by atoms with Crippen molar-refractivity contribution in [2.75, 3.05) is 12.4 Å². The van der Waals surface area contributed by atoms with Crippen LogP contribution in [0, 0.1) is 13.8 Å². The summed E-state index contributed by atoms with van der Waals surface area (Å²) in [6.45, 7) is 4.59. The summed E-state index contributed by atoms with van der Waals surface area (Å²) >= 11 is 0. The fourth-order valence-electron chi connectivity index (χ4n) is 4.14. The third-order valence-corrected chi connectivity index (χ3v) is 6.07. The molecule has 7 heteroatoms. The van der Waals surface area contributed by atoms with Crippen LogP contribution in [0.15, 0.2) is 83.3 Å². The first kappa shape index (κ1) is 23.2. The summed E-state index contributed by atoms with van der Waals surface area (Å²) in [7, 11) is 1.64. The van der Waals surface area contributed by atoms with Gasteiger partial charge in [-0.05, 0) is 66.6 Å². The molecule has 1 N–H and O–H groups in total. The molecule has 0 saturated carbocycles.